The van der Waals surface area contributed by atoms with Crippen molar-refractivity contribution in [3.05, 3.63) is 56.3 Å². The number of hydrogen-bond donors (Lipinski definition) is 1. The van der Waals surface area contributed by atoms with Crippen LogP contribution in [0.2, 0.25) is 10.0 Å². The molecule has 1 aromatic heterocycles. The summed E-state index contributed by atoms with van der Waals surface area (Å²) in [6.07, 6.45) is 0. The maximum atomic E-state index is 12.2. The Morgan fingerprint density at radius 2 is 1.92 bits per heavy atom. The van der Waals surface area contributed by atoms with Gasteiger partial charge < -0.3 is 14.6 Å². The molecule has 130 valence electrons. The number of anilines is 1. The predicted molar refractivity (Wildman–Crippen MR) is 89.8 cm³/mol. The summed E-state index contributed by atoms with van der Waals surface area (Å²) in [5.41, 5.74) is 0.505. The van der Waals surface area contributed by atoms with Crippen LogP contribution in [0.5, 0.6) is 0 Å². The van der Waals surface area contributed by atoms with Gasteiger partial charge in [-0.05, 0) is 24.3 Å². The highest BCUT2D eigenvalue weighted by Gasteiger charge is 2.37. The van der Waals surface area contributed by atoms with Gasteiger partial charge in [-0.25, -0.2) is 0 Å². The molecule has 3 rings (SSSR count). The number of rotatable bonds is 4. The van der Waals surface area contributed by atoms with Gasteiger partial charge in [0.1, 0.15) is 4.92 Å². The molecule has 8 nitrogen and oxygen atoms in total. The zero-order chi connectivity index (χ0) is 18.1. The standard InChI is InChI=1S/C15H11Cl2N3O5/c16-10-2-1-9(5-11(10)17)18-14(21)8-6-19(7-8)15(22)12-3-4-13(25-12)20(23)24/h1-5,8H,6-7H2,(H,18,21). The van der Waals surface area contributed by atoms with Crippen molar-refractivity contribution >= 4 is 46.6 Å². The highest BCUT2D eigenvalue weighted by atomic mass is 35.5. The molecule has 0 aliphatic carbocycles. The van der Waals surface area contributed by atoms with Gasteiger partial charge in [0, 0.05) is 18.8 Å². The van der Waals surface area contributed by atoms with Crippen molar-refractivity contribution in [3.8, 4) is 0 Å². The van der Waals surface area contributed by atoms with Gasteiger partial charge in [0.25, 0.3) is 5.91 Å². The average molecular weight is 384 g/mol. The lowest BCUT2D eigenvalue weighted by atomic mass is 9.98. The Balaban J connectivity index is 1.55. The van der Waals surface area contributed by atoms with Crippen LogP contribution in [0.4, 0.5) is 11.6 Å². The molecule has 25 heavy (non-hydrogen) atoms. The molecule has 2 aromatic rings. The summed E-state index contributed by atoms with van der Waals surface area (Å²) in [6, 6.07) is 7.08. The van der Waals surface area contributed by atoms with Crippen molar-refractivity contribution in [2.75, 3.05) is 18.4 Å². The van der Waals surface area contributed by atoms with E-state index in [0.717, 1.165) is 6.07 Å². The number of benzene rings is 1. The molecule has 2 heterocycles. The van der Waals surface area contributed by atoms with Crippen molar-refractivity contribution < 1.29 is 18.9 Å². The van der Waals surface area contributed by atoms with Gasteiger partial charge in [-0.1, -0.05) is 23.2 Å². The van der Waals surface area contributed by atoms with Crippen LogP contribution in [-0.2, 0) is 4.79 Å². The molecule has 1 aromatic carbocycles. The largest absolute Gasteiger partial charge is 0.433 e. The molecule has 1 N–H and O–H groups in total. The van der Waals surface area contributed by atoms with Crippen LogP contribution in [0, 0.1) is 16.0 Å². The lowest BCUT2D eigenvalue weighted by Crippen LogP contribution is -2.54. The molecule has 0 bridgehead atoms. The Bertz CT molecular complexity index is 861. The van der Waals surface area contributed by atoms with Crippen LogP contribution in [0.25, 0.3) is 0 Å². The van der Waals surface area contributed by atoms with Crippen molar-refractivity contribution in [1.82, 2.24) is 4.90 Å². The maximum Gasteiger partial charge on any atom is 0.433 e. The van der Waals surface area contributed by atoms with Crippen LogP contribution < -0.4 is 5.32 Å². The summed E-state index contributed by atoms with van der Waals surface area (Å²) in [6.45, 7) is 0.390. The Hall–Kier alpha value is -2.58. The molecule has 0 radical (unpaired) electrons. The highest BCUT2D eigenvalue weighted by Crippen LogP contribution is 2.27. The molecular weight excluding hydrogens is 373 g/mol. The van der Waals surface area contributed by atoms with Gasteiger partial charge in [0.2, 0.25) is 5.91 Å². The van der Waals surface area contributed by atoms with Crippen LogP contribution in [0.1, 0.15) is 10.6 Å². The van der Waals surface area contributed by atoms with Crippen molar-refractivity contribution in [1.29, 1.82) is 0 Å². The normalized spacial score (nSPS) is 14.1. The summed E-state index contributed by atoms with van der Waals surface area (Å²) < 4.78 is 4.86. The Kier molecular flexibility index (Phi) is 4.65. The third kappa shape index (κ3) is 3.59. The van der Waals surface area contributed by atoms with Crippen LogP contribution >= 0.6 is 23.2 Å². The number of likely N-dealkylation sites (tertiary alicyclic amines) is 1. The molecule has 10 heteroatoms. The van der Waals surface area contributed by atoms with Gasteiger partial charge in [-0.3, -0.25) is 19.7 Å². The molecule has 1 aliphatic rings. The van der Waals surface area contributed by atoms with E-state index in [2.05, 4.69) is 5.32 Å². The first-order valence-electron chi connectivity index (χ1n) is 7.14. The van der Waals surface area contributed by atoms with E-state index in [9.17, 15) is 19.7 Å². The number of nitro groups is 1. The Morgan fingerprint density at radius 1 is 1.20 bits per heavy atom. The quantitative estimate of drug-likeness (QED) is 0.644. The molecule has 0 spiro atoms. The number of hydrogen-bond acceptors (Lipinski definition) is 5. The van der Waals surface area contributed by atoms with Gasteiger partial charge in [0.15, 0.2) is 5.76 Å². The average Bonchev–Trinajstić information content (AvgIpc) is 2.99. The number of carbonyl (C=O) groups is 2. The first-order valence-corrected chi connectivity index (χ1v) is 7.90. The zero-order valence-corrected chi connectivity index (χ0v) is 14.1. The topological polar surface area (TPSA) is 106 Å². The van der Waals surface area contributed by atoms with Crippen LogP contribution in [-0.4, -0.2) is 34.7 Å². The number of nitrogens with one attached hydrogen (secondary N) is 1. The lowest BCUT2D eigenvalue weighted by molar-refractivity contribution is -0.402. The zero-order valence-electron chi connectivity index (χ0n) is 12.6. The van der Waals surface area contributed by atoms with Crippen LogP contribution in [0.15, 0.2) is 34.7 Å². The van der Waals surface area contributed by atoms with Gasteiger partial charge in [-0.2, -0.15) is 0 Å². The summed E-state index contributed by atoms with van der Waals surface area (Å²) in [5.74, 6) is -1.77. The number of nitrogens with zero attached hydrogens (tertiary/aromatic N) is 2. The fourth-order valence-corrected chi connectivity index (χ4v) is 2.62. The van der Waals surface area contributed by atoms with Gasteiger partial charge in [0.05, 0.1) is 22.0 Å². The van der Waals surface area contributed by atoms with Gasteiger partial charge >= 0.3 is 5.88 Å². The minimum Gasteiger partial charge on any atom is -0.395 e. The second kappa shape index (κ2) is 6.73. The summed E-state index contributed by atoms with van der Waals surface area (Å²) in [4.78, 5) is 35.5. The third-order valence-corrected chi connectivity index (χ3v) is 4.45. The molecule has 0 unspecified atom stereocenters. The summed E-state index contributed by atoms with van der Waals surface area (Å²) >= 11 is 11.7. The van der Waals surface area contributed by atoms with Crippen molar-refractivity contribution in [2.45, 2.75) is 0 Å². The minimum absolute atomic E-state index is 0.130. The monoisotopic (exact) mass is 383 g/mol. The Labute approximate surface area is 151 Å². The molecule has 2 amide bonds. The van der Waals surface area contributed by atoms with E-state index in [-0.39, 0.29) is 30.7 Å². The molecule has 0 atom stereocenters. The number of carbonyl (C=O) groups excluding carboxylic acids is 2. The second-order valence-corrected chi connectivity index (χ2v) is 6.23. The highest BCUT2D eigenvalue weighted by molar-refractivity contribution is 6.42. The van der Waals surface area contributed by atoms with E-state index < -0.39 is 16.7 Å². The van der Waals surface area contributed by atoms with Crippen molar-refractivity contribution in [2.24, 2.45) is 5.92 Å². The Morgan fingerprint density at radius 3 is 2.52 bits per heavy atom. The first kappa shape index (κ1) is 17.2. The van der Waals surface area contributed by atoms with E-state index >= 15 is 0 Å². The second-order valence-electron chi connectivity index (χ2n) is 5.42. The fourth-order valence-electron chi connectivity index (χ4n) is 2.33. The maximum absolute atomic E-state index is 12.2. The summed E-state index contributed by atoms with van der Waals surface area (Å²) in [5, 5.41) is 14.0. The van der Waals surface area contributed by atoms with E-state index in [1.807, 2.05) is 0 Å². The number of halogens is 2. The molecular formula is C15H11Cl2N3O5. The van der Waals surface area contributed by atoms with Crippen molar-refractivity contribution in [3.63, 3.8) is 0 Å². The van der Waals surface area contributed by atoms with E-state index in [4.69, 9.17) is 27.6 Å². The number of furan rings is 1. The minimum atomic E-state index is -0.722. The van der Waals surface area contributed by atoms with Gasteiger partial charge in [-0.15, -0.1) is 0 Å². The molecule has 1 fully saturated rings. The molecule has 0 saturated carbocycles. The van der Waals surface area contributed by atoms with E-state index in [0.29, 0.717) is 15.7 Å². The van der Waals surface area contributed by atoms with E-state index in [1.54, 1.807) is 12.1 Å². The SMILES string of the molecule is O=C(Nc1ccc(Cl)c(Cl)c1)C1CN(C(=O)c2ccc([N+](=O)[O-])o2)C1. The summed E-state index contributed by atoms with van der Waals surface area (Å²) in [7, 11) is 0. The number of amides is 2. The molecule has 1 saturated heterocycles. The lowest BCUT2D eigenvalue weighted by Gasteiger charge is -2.37. The fraction of sp³-hybridized carbons (Fsp3) is 0.200. The first-order chi connectivity index (χ1) is 11.8. The smallest absolute Gasteiger partial charge is 0.395 e. The predicted octanol–water partition coefficient (Wildman–Crippen LogP) is 3.21. The van der Waals surface area contributed by atoms with E-state index in [1.165, 1.54) is 17.0 Å². The van der Waals surface area contributed by atoms with Crippen LogP contribution in [0.3, 0.4) is 0 Å². The molecule has 1 aliphatic heterocycles. The third-order valence-electron chi connectivity index (χ3n) is 3.71.